The molecule has 0 spiro atoms. The molecule has 0 aromatic carbocycles. The first kappa shape index (κ1) is 11.2. The maximum Gasteiger partial charge on any atom is 0.254 e. The van der Waals surface area contributed by atoms with Gasteiger partial charge in [-0.2, -0.15) is 16.4 Å². The molecule has 5 nitrogen and oxygen atoms in total. The van der Waals surface area contributed by atoms with Gasteiger partial charge >= 0.3 is 0 Å². The summed E-state index contributed by atoms with van der Waals surface area (Å²) in [5.41, 5.74) is 0.776. The lowest BCUT2D eigenvalue weighted by atomic mass is 10.1. The number of aromatic nitrogens is 2. The van der Waals surface area contributed by atoms with Gasteiger partial charge in [0, 0.05) is 24.7 Å². The molecule has 1 aliphatic rings. The number of thiophene rings is 1. The first-order chi connectivity index (χ1) is 8.83. The van der Waals surface area contributed by atoms with E-state index in [1.807, 2.05) is 33.9 Å². The van der Waals surface area contributed by atoms with E-state index in [4.69, 9.17) is 0 Å². The second-order valence-electron chi connectivity index (χ2n) is 4.17. The SMILES string of the molecule is O=C(c1ccsc1)N1CC(Nc2cccnn2)C1. The van der Waals surface area contributed by atoms with Crippen LogP contribution in [0.5, 0.6) is 0 Å². The average Bonchev–Trinajstić information content (AvgIpc) is 2.87. The Morgan fingerprint density at radius 1 is 1.44 bits per heavy atom. The number of amides is 1. The van der Waals surface area contributed by atoms with Gasteiger partial charge in [-0.1, -0.05) is 0 Å². The Balaban J connectivity index is 1.53. The lowest BCUT2D eigenvalue weighted by Crippen LogP contribution is -2.57. The highest BCUT2D eigenvalue weighted by molar-refractivity contribution is 7.08. The molecular formula is C12H12N4OS. The number of nitrogens with one attached hydrogen (secondary N) is 1. The van der Waals surface area contributed by atoms with E-state index in [0.29, 0.717) is 13.1 Å². The van der Waals surface area contributed by atoms with E-state index in [9.17, 15) is 4.79 Å². The van der Waals surface area contributed by atoms with Crippen LogP contribution < -0.4 is 5.32 Å². The number of hydrogen-bond donors (Lipinski definition) is 1. The summed E-state index contributed by atoms with van der Waals surface area (Å²) in [5.74, 6) is 0.860. The maximum atomic E-state index is 12.0. The molecule has 0 unspecified atom stereocenters. The van der Waals surface area contributed by atoms with Crippen LogP contribution in [0.4, 0.5) is 5.82 Å². The third-order valence-electron chi connectivity index (χ3n) is 2.86. The summed E-state index contributed by atoms with van der Waals surface area (Å²) in [6.07, 6.45) is 1.64. The van der Waals surface area contributed by atoms with Crippen molar-refractivity contribution in [3.8, 4) is 0 Å². The van der Waals surface area contributed by atoms with E-state index in [-0.39, 0.29) is 11.9 Å². The van der Waals surface area contributed by atoms with Crippen LogP contribution >= 0.6 is 11.3 Å². The van der Waals surface area contributed by atoms with Crippen molar-refractivity contribution in [2.24, 2.45) is 0 Å². The van der Waals surface area contributed by atoms with Crippen LogP contribution in [0.1, 0.15) is 10.4 Å². The first-order valence-corrected chi connectivity index (χ1v) is 6.63. The average molecular weight is 260 g/mol. The minimum Gasteiger partial charge on any atom is -0.362 e. The number of carbonyl (C=O) groups excluding carboxylic acids is 1. The van der Waals surface area contributed by atoms with E-state index < -0.39 is 0 Å². The summed E-state index contributed by atoms with van der Waals surface area (Å²) in [5, 5.41) is 14.8. The Kier molecular flexibility index (Phi) is 2.93. The van der Waals surface area contributed by atoms with Crippen molar-refractivity contribution >= 4 is 23.1 Å². The molecule has 3 rings (SSSR count). The normalized spacial score (nSPS) is 15.2. The van der Waals surface area contributed by atoms with Gasteiger partial charge in [-0.15, -0.1) is 5.10 Å². The molecule has 6 heteroatoms. The molecule has 1 saturated heterocycles. The number of likely N-dealkylation sites (tertiary alicyclic amines) is 1. The quantitative estimate of drug-likeness (QED) is 0.908. The number of rotatable bonds is 3. The molecule has 92 valence electrons. The Hall–Kier alpha value is -1.95. The van der Waals surface area contributed by atoms with E-state index in [2.05, 4.69) is 15.5 Å². The Morgan fingerprint density at radius 2 is 2.33 bits per heavy atom. The zero-order valence-electron chi connectivity index (χ0n) is 9.61. The highest BCUT2D eigenvalue weighted by atomic mass is 32.1. The Morgan fingerprint density at radius 3 is 3.00 bits per heavy atom. The molecule has 0 saturated carbocycles. The third kappa shape index (κ3) is 2.19. The van der Waals surface area contributed by atoms with Crippen LogP contribution in [0, 0.1) is 0 Å². The Bertz CT molecular complexity index is 522. The molecular weight excluding hydrogens is 248 g/mol. The van der Waals surface area contributed by atoms with Crippen LogP contribution in [0.15, 0.2) is 35.2 Å². The zero-order chi connectivity index (χ0) is 12.4. The molecule has 0 atom stereocenters. The monoisotopic (exact) mass is 260 g/mol. The fraction of sp³-hybridized carbons (Fsp3) is 0.250. The van der Waals surface area contributed by atoms with Gasteiger partial charge < -0.3 is 10.2 Å². The minimum atomic E-state index is 0.105. The molecule has 0 aliphatic carbocycles. The van der Waals surface area contributed by atoms with Gasteiger partial charge in [0.05, 0.1) is 11.6 Å². The largest absolute Gasteiger partial charge is 0.362 e. The maximum absolute atomic E-state index is 12.0. The number of hydrogen-bond acceptors (Lipinski definition) is 5. The van der Waals surface area contributed by atoms with Crippen molar-refractivity contribution in [3.05, 3.63) is 40.7 Å². The van der Waals surface area contributed by atoms with Crippen molar-refractivity contribution in [2.75, 3.05) is 18.4 Å². The highest BCUT2D eigenvalue weighted by Gasteiger charge is 2.31. The van der Waals surface area contributed by atoms with E-state index >= 15 is 0 Å². The summed E-state index contributed by atoms with van der Waals surface area (Å²) in [7, 11) is 0. The lowest BCUT2D eigenvalue weighted by Gasteiger charge is -2.39. The van der Waals surface area contributed by atoms with Crippen molar-refractivity contribution in [1.82, 2.24) is 15.1 Å². The smallest absolute Gasteiger partial charge is 0.254 e. The lowest BCUT2D eigenvalue weighted by molar-refractivity contribution is 0.0625. The standard InChI is InChI=1S/C12H12N4OS/c17-12(9-3-5-18-8-9)16-6-10(7-16)14-11-2-1-4-13-15-11/h1-5,8,10H,6-7H2,(H,14,15). The topological polar surface area (TPSA) is 58.1 Å². The Labute approximate surface area is 108 Å². The van der Waals surface area contributed by atoms with Gasteiger partial charge in [-0.3, -0.25) is 4.79 Å². The van der Waals surface area contributed by atoms with Crippen LogP contribution in [0.3, 0.4) is 0 Å². The molecule has 1 aliphatic heterocycles. The fourth-order valence-corrected chi connectivity index (χ4v) is 2.52. The minimum absolute atomic E-state index is 0.105. The van der Waals surface area contributed by atoms with E-state index in [1.54, 1.807) is 17.5 Å². The summed E-state index contributed by atoms with van der Waals surface area (Å²) < 4.78 is 0. The number of nitrogens with zero attached hydrogens (tertiary/aromatic N) is 3. The highest BCUT2D eigenvalue weighted by Crippen LogP contribution is 2.17. The van der Waals surface area contributed by atoms with Crippen LogP contribution in [-0.2, 0) is 0 Å². The third-order valence-corrected chi connectivity index (χ3v) is 3.54. The van der Waals surface area contributed by atoms with Gasteiger partial charge in [0.15, 0.2) is 0 Å². The van der Waals surface area contributed by atoms with Gasteiger partial charge in [0.1, 0.15) is 5.82 Å². The molecule has 1 amide bonds. The van der Waals surface area contributed by atoms with Gasteiger partial charge in [0.25, 0.3) is 5.91 Å². The first-order valence-electron chi connectivity index (χ1n) is 5.68. The fourth-order valence-electron chi connectivity index (χ4n) is 1.89. The molecule has 1 fully saturated rings. The molecule has 1 N–H and O–H groups in total. The van der Waals surface area contributed by atoms with Gasteiger partial charge in [-0.25, -0.2) is 0 Å². The van der Waals surface area contributed by atoms with Crippen molar-refractivity contribution in [1.29, 1.82) is 0 Å². The van der Waals surface area contributed by atoms with Crippen molar-refractivity contribution in [3.63, 3.8) is 0 Å². The molecule has 18 heavy (non-hydrogen) atoms. The summed E-state index contributed by atoms with van der Waals surface area (Å²) in [6, 6.07) is 5.83. The van der Waals surface area contributed by atoms with Crippen LogP contribution in [0.25, 0.3) is 0 Å². The van der Waals surface area contributed by atoms with Crippen molar-refractivity contribution < 1.29 is 4.79 Å². The van der Waals surface area contributed by atoms with Gasteiger partial charge in [0.2, 0.25) is 0 Å². The van der Waals surface area contributed by atoms with Gasteiger partial charge in [-0.05, 0) is 23.6 Å². The zero-order valence-corrected chi connectivity index (χ0v) is 10.4. The number of anilines is 1. The van der Waals surface area contributed by atoms with E-state index in [0.717, 1.165) is 11.4 Å². The van der Waals surface area contributed by atoms with Crippen molar-refractivity contribution in [2.45, 2.75) is 6.04 Å². The van der Waals surface area contributed by atoms with Crippen LogP contribution in [0.2, 0.25) is 0 Å². The predicted molar refractivity (Wildman–Crippen MR) is 69.7 cm³/mol. The molecule has 0 bridgehead atoms. The predicted octanol–water partition coefficient (Wildman–Crippen LogP) is 1.47. The van der Waals surface area contributed by atoms with E-state index in [1.165, 1.54) is 0 Å². The number of carbonyl (C=O) groups is 1. The second-order valence-corrected chi connectivity index (χ2v) is 4.95. The summed E-state index contributed by atoms with van der Waals surface area (Å²) in [4.78, 5) is 13.8. The second kappa shape index (κ2) is 4.73. The molecule has 0 radical (unpaired) electrons. The van der Waals surface area contributed by atoms with Crippen LogP contribution in [-0.4, -0.2) is 40.1 Å². The summed E-state index contributed by atoms with van der Waals surface area (Å²) >= 11 is 1.54. The molecule has 2 aromatic rings. The molecule has 3 heterocycles. The molecule has 2 aromatic heterocycles. The summed E-state index contributed by atoms with van der Waals surface area (Å²) in [6.45, 7) is 1.43.